The smallest absolute Gasteiger partial charge is 0.227 e. The van der Waals surface area contributed by atoms with E-state index in [1.165, 1.54) is 37.7 Å². The predicted octanol–water partition coefficient (Wildman–Crippen LogP) is 3.75. The van der Waals surface area contributed by atoms with Gasteiger partial charge < -0.3 is 9.80 Å². The Hall–Kier alpha value is -1.84. The molecule has 0 N–H and O–H groups in total. The summed E-state index contributed by atoms with van der Waals surface area (Å²) in [4.78, 5) is 28.9. The van der Waals surface area contributed by atoms with Crippen molar-refractivity contribution in [3.63, 3.8) is 0 Å². The summed E-state index contributed by atoms with van der Waals surface area (Å²) in [5, 5.41) is 0. The Morgan fingerprint density at radius 2 is 1.44 bits per heavy atom. The summed E-state index contributed by atoms with van der Waals surface area (Å²) in [7, 11) is 0. The summed E-state index contributed by atoms with van der Waals surface area (Å²) in [6.45, 7) is 2.95. The van der Waals surface area contributed by atoms with Crippen molar-refractivity contribution in [1.82, 2.24) is 9.80 Å². The molecule has 0 spiro atoms. The van der Waals surface area contributed by atoms with Crippen molar-refractivity contribution < 1.29 is 9.59 Å². The zero-order valence-corrected chi connectivity index (χ0v) is 16.4. The van der Waals surface area contributed by atoms with Crippen LogP contribution in [0.3, 0.4) is 0 Å². The van der Waals surface area contributed by atoms with Gasteiger partial charge in [-0.05, 0) is 49.1 Å². The van der Waals surface area contributed by atoms with Gasteiger partial charge in [0, 0.05) is 32.1 Å². The van der Waals surface area contributed by atoms with Gasteiger partial charge >= 0.3 is 0 Å². The normalized spacial score (nSPS) is 21.8. The number of rotatable bonds is 4. The molecule has 0 aromatic heterocycles. The average molecular weight is 369 g/mol. The van der Waals surface area contributed by atoms with E-state index in [9.17, 15) is 9.59 Å². The van der Waals surface area contributed by atoms with E-state index in [-0.39, 0.29) is 11.8 Å². The highest BCUT2D eigenvalue weighted by atomic mass is 16.2. The third-order valence-corrected chi connectivity index (χ3v) is 6.50. The molecule has 0 atom stereocenters. The molecule has 0 unspecified atom stereocenters. The van der Waals surface area contributed by atoms with Gasteiger partial charge in [-0.15, -0.1) is 0 Å². The van der Waals surface area contributed by atoms with Crippen LogP contribution in [0, 0.1) is 5.92 Å². The Morgan fingerprint density at radius 3 is 2.15 bits per heavy atom. The van der Waals surface area contributed by atoms with Crippen LogP contribution in [0.15, 0.2) is 24.3 Å². The topological polar surface area (TPSA) is 40.6 Å². The Kier molecular flexibility index (Phi) is 5.80. The second-order valence-electron chi connectivity index (χ2n) is 8.59. The lowest BCUT2D eigenvalue weighted by Gasteiger charge is -2.23. The molecule has 27 heavy (non-hydrogen) atoms. The van der Waals surface area contributed by atoms with E-state index in [1.54, 1.807) is 0 Å². The molecule has 1 aliphatic heterocycles. The van der Waals surface area contributed by atoms with Crippen LogP contribution in [0.4, 0.5) is 0 Å². The molecule has 3 fully saturated rings. The monoisotopic (exact) mass is 368 g/mol. The van der Waals surface area contributed by atoms with Gasteiger partial charge in [0.1, 0.15) is 0 Å². The Labute approximate surface area is 162 Å². The molecule has 4 heteroatoms. The number of hydrogen-bond donors (Lipinski definition) is 0. The van der Waals surface area contributed by atoms with Crippen molar-refractivity contribution in [2.75, 3.05) is 26.2 Å². The van der Waals surface area contributed by atoms with Crippen LogP contribution in [-0.2, 0) is 16.0 Å². The van der Waals surface area contributed by atoms with Crippen molar-refractivity contribution in [2.45, 2.75) is 63.7 Å². The Morgan fingerprint density at radius 1 is 0.778 bits per heavy atom. The van der Waals surface area contributed by atoms with E-state index in [4.69, 9.17) is 0 Å². The van der Waals surface area contributed by atoms with Gasteiger partial charge in [-0.3, -0.25) is 9.59 Å². The molecule has 0 bridgehead atoms. The Balaban J connectivity index is 1.29. The quantitative estimate of drug-likeness (QED) is 0.812. The van der Waals surface area contributed by atoms with Crippen LogP contribution >= 0.6 is 0 Å². The van der Waals surface area contributed by atoms with Crippen molar-refractivity contribution in [2.24, 2.45) is 5.92 Å². The first-order valence-corrected chi connectivity index (χ1v) is 10.9. The summed E-state index contributed by atoms with van der Waals surface area (Å²) in [6.07, 6.45) is 10.2. The second kappa shape index (κ2) is 8.45. The van der Waals surface area contributed by atoms with Gasteiger partial charge in [0.05, 0.1) is 6.42 Å². The highest BCUT2D eigenvalue weighted by molar-refractivity contribution is 5.81. The first-order valence-electron chi connectivity index (χ1n) is 10.9. The number of amides is 2. The third kappa shape index (κ3) is 4.72. The molecule has 1 aromatic carbocycles. The van der Waals surface area contributed by atoms with Crippen LogP contribution in [0.1, 0.15) is 68.4 Å². The van der Waals surface area contributed by atoms with Crippen LogP contribution in [0.2, 0.25) is 0 Å². The Bertz CT molecular complexity index is 659. The second-order valence-corrected chi connectivity index (χ2v) is 8.59. The van der Waals surface area contributed by atoms with E-state index in [0.29, 0.717) is 31.3 Å². The summed E-state index contributed by atoms with van der Waals surface area (Å²) < 4.78 is 0. The van der Waals surface area contributed by atoms with Crippen LogP contribution < -0.4 is 0 Å². The first kappa shape index (κ1) is 18.5. The van der Waals surface area contributed by atoms with Gasteiger partial charge in [0.2, 0.25) is 11.8 Å². The number of carbonyl (C=O) groups is 2. The van der Waals surface area contributed by atoms with E-state index in [0.717, 1.165) is 37.9 Å². The molecule has 4 rings (SSSR count). The van der Waals surface area contributed by atoms with E-state index < -0.39 is 0 Å². The lowest BCUT2D eigenvalue weighted by Crippen LogP contribution is -2.38. The van der Waals surface area contributed by atoms with E-state index in [1.807, 2.05) is 9.80 Å². The average Bonchev–Trinajstić information content (AvgIpc) is 3.55. The van der Waals surface area contributed by atoms with E-state index in [2.05, 4.69) is 24.3 Å². The molecule has 3 aliphatic rings. The number of nitrogens with zero attached hydrogens (tertiary/aromatic N) is 2. The molecule has 2 amide bonds. The van der Waals surface area contributed by atoms with Crippen LogP contribution in [-0.4, -0.2) is 47.8 Å². The van der Waals surface area contributed by atoms with Crippen molar-refractivity contribution in [3.8, 4) is 0 Å². The fourth-order valence-corrected chi connectivity index (χ4v) is 4.61. The molecule has 2 aliphatic carbocycles. The fourth-order valence-electron chi connectivity index (χ4n) is 4.61. The van der Waals surface area contributed by atoms with Crippen LogP contribution in [0.5, 0.6) is 0 Å². The summed E-state index contributed by atoms with van der Waals surface area (Å²) >= 11 is 0. The minimum atomic E-state index is 0.195. The minimum absolute atomic E-state index is 0.195. The summed E-state index contributed by atoms with van der Waals surface area (Å²) in [6, 6.07) is 8.75. The SMILES string of the molecule is O=C(Cc1ccc(C2CCCCC2)cc1)N1CCCN(C(=O)C2CC2)CC1. The highest BCUT2D eigenvalue weighted by Crippen LogP contribution is 2.33. The zero-order valence-electron chi connectivity index (χ0n) is 16.4. The minimum Gasteiger partial charge on any atom is -0.341 e. The van der Waals surface area contributed by atoms with Gasteiger partial charge in [0.25, 0.3) is 0 Å². The first-order chi connectivity index (χ1) is 13.2. The lowest BCUT2D eigenvalue weighted by molar-refractivity contribution is -0.134. The van der Waals surface area contributed by atoms with Crippen LogP contribution in [0.25, 0.3) is 0 Å². The zero-order chi connectivity index (χ0) is 18.6. The number of hydrogen-bond acceptors (Lipinski definition) is 2. The predicted molar refractivity (Wildman–Crippen MR) is 106 cm³/mol. The maximum absolute atomic E-state index is 12.8. The molecular formula is C23H32N2O2. The van der Waals surface area contributed by atoms with Crippen molar-refractivity contribution in [3.05, 3.63) is 35.4 Å². The van der Waals surface area contributed by atoms with Crippen molar-refractivity contribution >= 4 is 11.8 Å². The number of benzene rings is 1. The fraction of sp³-hybridized carbons (Fsp3) is 0.652. The van der Waals surface area contributed by atoms with Crippen molar-refractivity contribution in [1.29, 1.82) is 0 Å². The summed E-state index contributed by atoms with van der Waals surface area (Å²) in [5.74, 6) is 1.49. The van der Waals surface area contributed by atoms with Gasteiger partial charge in [-0.1, -0.05) is 43.5 Å². The van der Waals surface area contributed by atoms with E-state index >= 15 is 0 Å². The standard InChI is InChI=1S/C23H32N2O2/c26-22(24-13-4-14-25(16-15-24)23(27)21-11-12-21)17-18-7-9-20(10-8-18)19-5-2-1-3-6-19/h7-10,19,21H,1-6,11-17H2. The molecule has 1 saturated heterocycles. The molecule has 2 saturated carbocycles. The van der Waals surface area contributed by atoms with Gasteiger partial charge in [-0.25, -0.2) is 0 Å². The molecule has 0 radical (unpaired) electrons. The molecule has 1 heterocycles. The molecular weight excluding hydrogens is 336 g/mol. The third-order valence-electron chi connectivity index (χ3n) is 6.50. The number of carbonyl (C=O) groups excluding carboxylic acids is 2. The summed E-state index contributed by atoms with van der Waals surface area (Å²) in [5.41, 5.74) is 2.55. The molecule has 146 valence electrons. The lowest BCUT2D eigenvalue weighted by atomic mass is 9.84. The van der Waals surface area contributed by atoms with Gasteiger partial charge in [0.15, 0.2) is 0 Å². The molecule has 1 aromatic rings. The highest BCUT2D eigenvalue weighted by Gasteiger charge is 2.34. The maximum Gasteiger partial charge on any atom is 0.227 e. The largest absolute Gasteiger partial charge is 0.341 e. The van der Waals surface area contributed by atoms with Gasteiger partial charge in [-0.2, -0.15) is 0 Å². The maximum atomic E-state index is 12.8. The molecule has 4 nitrogen and oxygen atoms in total.